The fourth-order valence-electron chi connectivity index (χ4n) is 3.06. The lowest BCUT2D eigenvalue weighted by molar-refractivity contribution is 0.0951. The van der Waals surface area contributed by atoms with Gasteiger partial charge in [0.15, 0.2) is 0 Å². The van der Waals surface area contributed by atoms with Gasteiger partial charge in [-0.05, 0) is 36.1 Å². The van der Waals surface area contributed by atoms with Crippen molar-refractivity contribution < 1.29 is 4.79 Å². The summed E-state index contributed by atoms with van der Waals surface area (Å²) in [6.07, 6.45) is 7.03. The number of carbonyl (C=O) groups excluding carboxylic acids is 1. The Bertz CT molecular complexity index is 1080. The van der Waals surface area contributed by atoms with Crippen LogP contribution in [0.25, 0.3) is 21.7 Å². The van der Waals surface area contributed by atoms with E-state index in [0.29, 0.717) is 18.7 Å². The van der Waals surface area contributed by atoms with Crippen LogP contribution >= 0.6 is 11.3 Å². The minimum absolute atomic E-state index is 0.121. The zero-order valence-electron chi connectivity index (χ0n) is 15.7. The Morgan fingerprint density at radius 3 is 2.68 bits per heavy atom. The molecule has 0 saturated carbocycles. The van der Waals surface area contributed by atoms with Crippen LogP contribution in [-0.4, -0.2) is 37.0 Å². The molecule has 1 N–H and O–H groups in total. The van der Waals surface area contributed by atoms with Gasteiger partial charge < -0.3 is 5.32 Å². The minimum atomic E-state index is -0.121. The summed E-state index contributed by atoms with van der Waals surface area (Å²) in [5, 5.41) is 13.7. The SMILES string of the molecule is Cc1c(C(=O)NCCn2ncc(-c3ccncc3)c2-c2cccs2)cnn1C. The summed E-state index contributed by atoms with van der Waals surface area (Å²) in [5.41, 5.74) is 4.61. The van der Waals surface area contributed by atoms with Gasteiger partial charge in [-0.1, -0.05) is 6.07 Å². The van der Waals surface area contributed by atoms with E-state index < -0.39 is 0 Å². The first-order chi connectivity index (χ1) is 13.6. The average Bonchev–Trinajstić information content (AvgIpc) is 3.44. The molecule has 4 aromatic rings. The highest BCUT2D eigenvalue weighted by Crippen LogP contribution is 2.34. The predicted molar refractivity (Wildman–Crippen MR) is 109 cm³/mol. The Balaban J connectivity index is 1.54. The summed E-state index contributed by atoms with van der Waals surface area (Å²) in [6.45, 7) is 2.93. The van der Waals surface area contributed by atoms with Crippen molar-refractivity contribution in [3.05, 3.63) is 65.7 Å². The highest BCUT2D eigenvalue weighted by atomic mass is 32.1. The fourth-order valence-corrected chi connectivity index (χ4v) is 3.85. The lowest BCUT2D eigenvalue weighted by Gasteiger charge is -2.10. The van der Waals surface area contributed by atoms with E-state index in [2.05, 4.69) is 31.9 Å². The summed E-state index contributed by atoms with van der Waals surface area (Å²) < 4.78 is 3.64. The summed E-state index contributed by atoms with van der Waals surface area (Å²) in [4.78, 5) is 17.6. The molecule has 0 radical (unpaired) electrons. The Labute approximate surface area is 166 Å². The van der Waals surface area contributed by atoms with E-state index in [1.807, 2.05) is 43.0 Å². The van der Waals surface area contributed by atoms with Crippen LogP contribution in [0.4, 0.5) is 0 Å². The zero-order chi connectivity index (χ0) is 19.5. The van der Waals surface area contributed by atoms with E-state index in [4.69, 9.17) is 0 Å². The molecule has 28 heavy (non-hydrogen) atoms. The minimum Gasteiger partial charge on any atom is -0.350 e. The molecule has 0 unspecified atom stereocenters. The first-order valence-corrected chi connectivity index (χ1v) is 9.80. The molecule has 0 saturated heterocycles. The van der Waals surface area contributed by atoms with Crippen molar-refractivity contribution >= 4 is 17.2 Å². The van der Waals surface area contributed by atoms with Gasteiger partial charge in [-0.15, -0.1) is 11.3 Å². The molecule has 0 spiro atoms. The molecule has 0 aliphatic rings. The van der Waals surface area contributed by atoms with E-state index in [0.717, 1.165) is 27.4 Å². The summed E-state index contributed by atoms with van der Waals surface area (Å²) in [5.74, 6) is -0.121. The topological polar surface area (TPSA) is 77.6 Å². The van der Waals surface area contributed by atoms with Gasteiger partial charge in [0.2, 0.25) is 0 Å². The van der Waals surface area contributed by atoms with E-state index >= 15 is 0 Å². The molecule has 4 aromatic heterocycles. The van der Waals surface area contributed by atoms with Gasteiger partial charge in [0.25, 0.3) is 5.91 Å². The molecule has 8 heteroatoms. The third-order valence-corrected chi connectivity index (χ3v) is 5.55. The number of rotatable bonds is 6. The van der Waals surface area contributed by atoms with Crippen LogP contribution in [0.2, 0.25) is 0 Å². The van der Waals surface area contributed by atoms with E-state index in [1.54, 1.807) is 34.6 Å². The quantitative estimate of drug-likeness (QED) is 0.547. The zero-order valence-corrected chi connectivity index (χ0v) is 16.5. The van der Waals surface area contributed by atoms with E-state index in [1.165, 1.54) is 0 Å². The van der Waals surface area contributed by atoms with Crippen LogP contribution in [0.1, 0.15) is 16.1 Å². The number of hydrogen-bond donors (Lipinski definition) is 1. The van der Waals surface area contributed by atoms with Gasteiger partial charge in [-0.25, -0.2) is 0 Å². The maximum Gasteiger partial charge on any atom is 0.254 e. The highest BCUT2D eigenvalue weighted by Gasteiger charge is 2.16. The molecule has 1 amide bonds. The molecular formula is C20H20N6OS. The van der Waals surface area contributed by atoms with Crippen LogP contribution in [0.3, 0.4) is 0 Å². The first-order valence-electron chi connectivity index (χ1n) is 8.92. The van der Waals surface area contributed by atoms with Gasteiger partial charge in [0, 0.05) is 37.2 Å². The fraction of sp³-hybridized carbons (Fsp3) is 0.200. The summed E-state index contributed by atoms with van der Waals surface area (Å²) in [7, 11) is 1.82. The number of amides is 1. The number of carbonyl (C=O) groups is 1. The van der Waals surface area contributed by atoms with Crippen LogP contribution in [0.5, 0.6) is 0 Å². The van der Waals surface area contributed by atoms with Crippen molar-refractivity contribution in [2.45, 2.75) is 13.5 Å². The monoisotopic (exact) mass is 392 g/mol. The molecule has 142 valence electrons. The number of aromatic nitrogens is 5. The van der Waals surface area contributed by atoms with Gasteiger partial charge in [0.1, 0.15) is 0 Å². The average molecular weight is 392 g/mol. The first kappa shape index (κ1) is 18.1. The number of thiophene rings is 1. The smallest absolute Gasteiger partial charge is 0.254 e. The Morgan fingerprint density at radius 2 is 2.00 bits per heavy atom. The Kier molecular flexibility index (Phi) is 5.03. The number of nitrogens with one attached hydrogen (secondary N) is 1. The molecular weight excluding hydrogens is 372 g/mol. The molecule has 4 heterocycles. The second kappa shape index (κ2) is 7.77. The Morgan fingerprint density at radius 1 is 1.18 bits per heavy atom. The predicted octanol–water partition coefficient (Wildman–Crippen LogP) is 3.15. The lowest BCUT2D eigenvalue weighted by Crippen LogP contribution is -2.28. The van der Waals surface area contributed by atoms with Gasteiger partial charge in [0.05, 0.1) is 35.1 Å². The number of aryl methyl sites for hydroxylation is 1. The Hall–Kier alpha value is -3.26. The maximum absolute atomic E-state index is 12.4. The summed E-state index contributed by atoms with van der Waals surface area (Å²) in [6, 6.07) is 8.07. The van der Waals surface area contributed by atoms with Crippen LogP contribution in [-0.2, 0) is 13.6 Å². The van der Waals surface area contributed by atoms with Gasteiger partial charge in [-0.2, -0.15) is 10.2 Å². The standard InChI is InChI=1S/C20H20N6OS/c1-14-16(12-23-25(14)2)20(27)22-9-10-26-19(18-4-3-11-28-18)17(13-24-26)15-5-7-21-8-6-15/h3-8,11-13H,9-10H2,1-2H3,(H,22,27). The van der Waals surface area contributed by atoms with Crippen molar-refractivity contribution in [2.24, 2.45) is 7.05 Å². The molecule has 0 aliphatic heterocycles. The number of hydrogen-bond acceptors (Lipinski definition) is 5. The van der Waals surface area contributed by atoms with Crippen LogP contribution < -0.4 is 5.32 Å². The third-order valence-electron chi connectivity index (χ3n) is 4.67. The van der Waals surface area contributed by atoms with E-state index in [-0.39, 0.29) is 5.91 Å². The molecule has 7 nitrogen and oxygen atoms in total. The van der Waals surface area contributed by atoms with Gasteiger partial charge >= 0.3 is 0 Å². The molecule has 0 atom stereocenters. The third kappa shape index (κ3) is 3.46. The lowest BCUT2D eigenvalue weighted by atomic mass is 10.1. The van der Waals surface area contributed by atoms with Crippen molar-refractivity contribution in [2.75, 3.05) is 6.54 Å². The van der Waals surface area contributed by atoms with Crippen molar-refractivity contribution in [3.8, 4) is 21.7 Å². The van der Waals surface area contributed by atoms with Crippen molar-refractivity contribution in [1.82, 2.24) is 29.9 Å². The summed E-state index contributed by atoms with van der Waals surface area (Å²) >= 11 is 1.67. The molecule has 4 rings (SSSR count). The van der Waals surface area contributed by atoms with Crippen LogP contribution in [0.15, 0.2) is 54.4 Å². The van der Waals surface area contributed by atoms with E-state index in [9.17, 15) is 4.79 Å². The molecule has 0 bridgehead atoms. The second-order valence-corrected chi connectivity index (χ2v) is 7.31. The van der Waals surface area contributed by atoms with Crippen LogP contribution in [0, 0.1) is 6.92 Å². The second-order valence-electron chi connectivity index (χ2n) is 6.37. The highest BCUT2D eigenvalue weighted by molar-refractivity contribution is 7.13. The van der Waals surface area contributed by atoms with Crippen molar-refractivity contribution in [1.29, 1.82) is 0 Å². The molecule has 0 fully saturated rings. The number of nitrogens with zero attached hydrogens (tertiary/aromatic N) is 5. The number of pyridine rings is 1. The molecule has 0 aliphatic carbocycles. The normalized spacial score (nSPS) is 10.9. The molecule has 0 aromatic carbocycles. The maximum atomic E-state index is 12.4. The van der Waals surface area contributed by atoms with Gasteiger partial charge in [-0.3, -0.25) is 19.1 Å². The largest absolute Gasteiger partial charge is 0.350 e. The van der Waals surface area contributed by atoms with Crippen molar-refractivity contribution in [3.63, 3.8) is 0 Å².